The van der Waals surface area contributed by atoms with Crippen molar-refractivity contribution in [2.24, 2.45) is 23.5 Å². The summed E-state index contributed by atoms with van der Waals surface area (Å²) in [5.74, 6) is 2.49. The minimum absolute atomic E-state index is 0.403. The standard InChI is InChI=1S/C9H15N/c1-6(10)9-5-7-2-3-8(9)4-7/h2-3,6-9H,4-5,10H2,1H3/t6?,7-,8+,9+/m1/s1. The first-order chi connectivity index (χ1) is 4.77. The van der Waals surface area contributed by atoms with E-state index in [0.717, 1.165) is 17.8 Å². The lowest BCUT2D eigenvalue weighted by molar-refractivity contribution is 0.382. The second kappa shape index (κ2) is 2.09. The van der Waals surface area contributed by atoms with Crippen molar-refractivity contribution in [2.45, 2.75) is 25.8 Å². The van der Waals surface area contributed by atoms with Gasteiger partial charge in [-0.25, -0.2) is 0 Å². The van der Waals surface area contributed by atoms with E-state index in [2.05, 4.69) is 19.1 Å². The minimum atomic E-state index is 0.403. The molecule has 0 aliphatic heterocycles. The van der Waals surface area contributed by atoms with Gasteiger partial charge >= 0.3 is 0 Å². The Bertz CT molecular complexity index is 160. The van der Waals surface area contributed by atoms with Crippen LogP contribution in [0.2, 0.25) is 0 Å². The van der Waals surface area contributed by atoms with Gasteiger partial charge in [0.05, 0.1) is 0 Å². The Labute approximate surface area is 62.3 Å². The molecule has 1 saturated carbocycles. The van der Waals surface area contributed by atoms with Gasteiger partial charge < -0.3 is 5.73 Å². The molecular formula is C9H15N. The molecule has 56 valence electrons. The van der Waals surface area contributed by atoms with Gasteiger partial charge in [0.2, 0.25) is 0 Å². The van der Waals surface area contributed by atoms with Crippen molar-refractivity contribution in [1.29, 1.82) is 0 Å². The molecule has 1 fully saturated rings. The number of rotatable bonds is 1. The van der Waals surface area contributed by atoms with Gasteiger partial charge in [0.15, 0.2) is 0 Å². The predicted octanol–water partition coefficient (Wildman–Crippen LogP) is 1.55. The Morgan fingerprint density at radius 3 is 2.50 bits per heavy atom. The molecule has 2 aliphatic carbocycles. The van der Waals surface area contributed by atoms with Crippen molar-refractivity contribution in [2.75, 3.05) is 0 Å². The maximum absolute atomic E-state index is 5.85. The van der Waals surface area contributed by atoms with Gasteiger partial charge in [0.25, 0.3) is 0 Å². The Kier molecular flexibility index (Phi) is 1.34. The normalized spacial score (nSPS) is 46.4. The third kappa shape index (κ3) is 0.807. The number of fused-ring (bicyclic) bond motifs is 2. The van der Waals surface area contributed by atoms with Crippen LogP contribution in [0.5, 0.6) is 0 Å². The minimum Gasteiger partial charge on any atom is -0.328 e. The van der Waals surface area contributed by atoms with E-state index in [1.54, 1.807) is 0 Å². The van der Waals surface area contributed by atoms with Gasteiger partial charge in [-0.05, 0) is 37.5 Å². The van der Waals surface area contributed by atoms with Crippen molar-refractivity contribution in [3.63, 3.8) is 0 Å². The largest absolute Gasteiger partial charge is 0.328 e. The molecule has 0 aromatic rings. The molecule has 0 aromatic carbocycles. The summed E-state index contributed by atoms with van der Waals surface area (Å²) in [5.41, 5.74) is 5.85. The molecule has 0 radical (unpaired) electrons. The third-order valence-electron chi connectivity index (χ3n) is 3.01. The molecule has 10 heavy (non-hydrogen) atoms. The summed E-state index contributed by atoms with van der Waals surface area (Å²) in [6.45, 7) is 2.14. The summed E-state index contributed by atoms with van der Waals surface area (Å²) in [6.07, 6.45) is 7.46. The van der Waals surface area contributed by atoms with E-state index < -0.39 is 0 Å². The quantitative estimate of drug-likeness (QED) is 0.545. The van der Waals surface area contributed by atoms with Crippen molar-refractivity contribution in [1.82, 2.24) is 0 Å². The van der Waals surface area contributed by atoms with Crippen LogP contribution < -0.4 is 5.73 Å². The summed E-state index contributed by atoms with van der Waals surface area (Å²) in [5, 5.41) is 0. The summed E-state index contributed by atoms with van der Waals surface area (Å²) < 4.78 is 0. The second-order valence-electron chi connectivity index (χ2n) is 3.80. The van der Waals surface area contributed by atoms with E-state index >= 15 is 0 Å². The SMILES string of the molecule is CC(N)[C@@H]1C[C@@H]2C=C[C@H]1C2. The third-order valence-corrected chi connectivity index (χ3v) is 3.01. The van der Waals surface area contributed by atoms with Crippen LogP contribution in [-0.4, -0.2) is 6.04 Å². The first-order valence-electron chi connectivity index (χ1n) is 4.21. The second-order valence-corrected chi connectivity index (χ2v) is 3.80. The average Bonchev–Trinajstić information content (AvgIpc) is 2.44. The van der Waals surface area contributed by atoms with Crippen molar-refractivity contribution >= 4 is 0 Å². The first-order valence-corrected chi connectivity index (χ1v) is 4.21. The Morgan fingerprint density at radius 1 is 1.40 bits per heavy atom. The zero-order valence-corrected chi connectivity index (χ0v) is 6.46. The zero-order chi connectivity index (χ0) is 7.14. The fraction of sp³-hybridized carbons (Fsp3) is 0.778. The van der Waals surface area contributed by atoms with Crippen molar-refractivity contribution in [3.8, 4) is 0 Å². The summed E-state index contributed by atoms with van der Waals surface area (Å²) in [6, 6.07) is 0.403. The lowest BCUT2D eigenvalue weighted by Crippen LogP contribution is -2.29. The highest BCUT2D eigenvalue weighted by molar-refractivity contribution is 5.11. The van der Waals surface area contributed by atoms with E-state index in [0.29, 0.717) is 6.04 Å². The average molecular weight is 137 g/mol. The smallest absolute Gasteiger partial charge is 0.00446 e. The molecule has 1 nitrogen and oxygen atoms in total. The lowest BCUT2D eigenvalue weighted by atomic mass is 9.88. The van der Waals surface area contributed by atoms with E-state index in [4.69, 9.17) is 5.73 Å². The van der Waals surface area contributed by atoms with Crippen LogP contribution in [0, 0.1) is 17.8 Å². The van der Waals surface area contributed by atoms with E-state index in [1.807, 2.05) is 0 Å². The van der Waals surface area contributed by atoms with E-state index in [9.17, 15) is 0 Å². The van der Waals surface area contributed by atoms with Gasteiger partial charge in [-0.2, -0.15) is 0 Å². The molecule has 0 heterocycles. The molecule has 1 unspecified atom stereocenters. The van der Waals surface area contributed by atoms with Gasteiger partial charge in [-0.3, -0.25) is 0 Å². The maximum atomic E-state index is 5.85. The molecule has 0 spiro atoms. The number of nitrogens with two attached hydrogens (primary N) is 1. The van der Waals surface area contributed by atoms with Crippen molar-refractivity contribution in [3.05, 3.63) is 12.2 Å². The maximum Gasteiger partial charge on any atom is 0.00446 e. The number of allylic oxidation sites excluding steroid dienone is 2. The van der Waals surface area contributed by atoms with Gasteiger partial charge in [-0.15, -0.1) is 0 Å². The monoisotopic (exact) mass is 137 g/mol. The van der Waals surface area contributed by atoms with Gasteiger partial charge in [0.1, 0.15) is 0 Å². The number of hydrogen-bond acceptors (Lipinski definition) is 1. The van der Waals surface area contributed by atoms with Crippen LogP contribution in [0.25, 0.3) is 0 Å². The van der Waals surface area contributed by atoms with Crippen LogP contribution in [0.4, 0.5) is 0 Å². The molecular weight excluding hydrogens is 122 g/mol. The van der Waals surface area contributed by atoms with Crippen LogP contribution in [0.15, 0.2) is 12.2 Å². The van der Waals surface area contributed by atoms with Crippen LogP contribution in [0.1, 0.15) is 19.8 Å². The summed E-state index contributed by atoms with van der Waals surface area (Å²) >= 11 is 0. The predicted molar refractivity (Wildman–Crippen MR) is 42.5 cm³/mol. The highest BCUT2D eigenvalue weighted by atomic mass is 14.7. The molecule has 0 saturated heterocycles. The first kappa shape index (κ1) is 6.41. The van der Waals surface area contributed by atoms with E-state index in [-0.39, 0.29) is 0 Å². The Balaban J connectivity index is 2.09. The molecule has 0 aromatic heterocycles. The Hall–Kier alpha value is -0.300. The van der Waals surface area contributed by atoms with Gasteiger partial charge in [0, 0.05) is 6.04 Å². The summed E-state index contributed by atoms with van der Waals surface area (Å²) in [4.78, 5) is 0. The lowest BCUT2D eigenvalue weighted by Gasteiger charge is -2.21. The van der Waals surface area contributed by atoms with Crippen LogP contribution >= 0.6 is 0 Å². The summed E-state index contributed by atoms with van der Waals surface area (Å²) in [7, 11) is 0. The van der Waals surface area contributed by atoms with Gasteiger partial charge in [-0.1, -0.05) is 12.2 Å². The fourth-order valence-electron chi connectivity index (χ4n) is 2.43. The molecule has 1 heteroatoms. The zero-order valence-electron chi connectivity index (χ0n) is 6.46. The molecule has 2 rings (SSSR count). The molecule has 4 atom stereocenters. The van der Waals surface area contributed by atoms with Crippen LogP contribution in [0.3, 0.4) is 0 Å². The highest BCUT2D eigenvalue weighted by Gasteiger charge is 2.37. The molecule has 0 amide bonds. The molecule has 2 bridgehead atoms. The number of hydrogen-bond donors (Lipinski definition) is 1. The molecule has 2 aliphatic rings. The highest BCUT2D eigenvalue weighted by Crippen LogP contribution is 2.44. The molecule has 2 N–H and O–H groups in total. The Morgan fingerprint density at radius 2 is 2.20 bits per heavy atom. The fourth-order valence-corrected chi connectivity index (χ4v) is 2.43. The van der Waals surface area contributed by atoms with E-state index in [1.165, 1.54) is 12.8 Å². The topological polar surface area (TPSA) is 26.0 Å². The van der Waals surface area contributed by atoms with Crippen LogP contribution in [-0.2, 0) is 0 Å². The van der Waals surface area contributed by atoms with Crippen molar-refractivity contribution < 1.29 is 0 Å².